The first-order chi connectivity index (χ1) is 8.65. The van der Waals surface area contributed by atoms with Crippen molar-refractivity contribution in [2.24, 2.45) is 12.8 Å². The zero-order chi connectivity index (χ0) is 13.1. The highest BCUT2D eigenvalue weighted by Crippen LogP contribution is 2.24. The molecule has 1 atom stereocenters. The van der Waals surface area contributed by atoms with Gasteiger partial charge in [-0.2, -0.15) is 5.10 Å². The molecule has 4 heteroatoms. The Labute approximate surface area is 107 Å². The molecular formula is C14H19N3O. The zero-order valence-corrected chi connectivity index (χ0v) is 11.1. The maximum absolute atomic E-state index is 6.30. The predicted octanol–water partition coefficient (Wildman–Crippen LogP) is 2.04. The Kier molecular flexibility index (Phi) is 3.67. The Balaban J connectivity index is 2.31. The summed E-state index contributed by atoms with van der Waals surface area (Å²) in [5.41, 5.74) is 9.52. The lowest BCUT2D eigenvalue weighted by atomic mass is 9.99. The molecule has 0 radical (unpaired) electrons. The van der Waals surface area contributed by atoms with Gasteiger partial charge in [0.15, 0.2) is 0 Å². The van der Waals surface area contributed by atoms with E-state index < -0.39 is 0 Å². The minimum atomic E-state index is -0.139. The maximum Gasteiger partial charge on any atom is 0.118 e. The van der Waals surface area contributed by atoms with Crippen molar-refractivity contribution in [3.8, 4) is 5.75 Å². The average Bonchev–Trinajstić information content (AvgIpc) is 2.79. The van der Waals surface area contributed by atoms with Crippen LogP contribution in [0.2, 0.25) is 0 Å². The van der Waals surface area contributed by atoms with Crippen LogP contribution in [0.3, 0.4) is 0 Å². The number of aryl methyl sites for hydroxylation is 2. The maximum atomic E-state index is 6.30. The fraction of sp³-hybridized carbons (Fsp3) is 0.357. The lowest BCUT2D eigenvalue weighted by Gasteiger charge is -2.12. The van der Waals surface area contributed by atoms with Crippen molar-refractivity contribution in [2.75, 3.05) is 7.11 Å². The molecule has 4 nitrogen and oxygen atoms in total. The third kappa shape index (κ3) is 2.38. The largest absolute Gasteiger partial charge is 0.497 e. The lowest BCUT2D eigenvalue weighted by Crippen LogP contribution is -2.12. The monoisotopic (exact) mass is 245 g/mol. The summed E-state index contributed by atoms with van der Waals surface area (Å²) in [6.07, 6.45) is 2.88. The van der Waals surface area contributed by atoms with Gasteiger partial charge >= 0.3 is 0 Å². The fourth-order valence-corrected chi connectivity index (χ4v) is 2.08. The average molecular weight is 245 g/mol. The van der Waals surface area contributed by atoms with Gasteiger partial charge in [0, 0.05) is 18.8 Å². The SMILES string of the molecule is CCc1nn(C)cc1C(N)c1ccc(OC)cc1. The van der Waals surface area contributed by atoms with E-state index in [1.165, 1.54) is 0 Å². The van der Waals surface area contributed by atoms with Crippen molar-refractivity contribution < 1.29 is 4.74 Å². The highest BCUT2D eigenvalue weighted by Gasteiger charge is 2.15. The number of nitrogens with zero attached hydrogens (tertiary/aromatic N) is 2. The van der Waals surface area contributed by atoms with Crippen LogP contribution in [0.4, 0.5) is 0 Å². The molecule has 18 heavy (non-hydrogen) atoms. The van der Waals surface area contributed by atoms with Gasteiger partial charge in [-0.3, -0.25) is 4.68 Å². The van der Waals surface area contributed by atoms with E-state index in [0.29, 0.717) is 0 Å². The third-order valence-electron chi connectivity index (χ3n) is 3.08. The number of nitrogens with two attached hydrogens (primary N) is 1. The van der Waals surface area contributed by atoms with Crippen molar-refractivity contribution in [3.63, 3.8) is 0 Å². The molecule has 0 aliphatic carbocycles. The molecule has 96 valence electrons. The van der Waals surface area contributed by atoms with Crippen molar-refractivity contribution in [1.82, 2.24) is 9.78 Å². The second-order valence-corrected chi connectivity index (χ2v) is 4.31. The highest BCUT2D eigenvalue weighted by atomic mass is 16.5. The van der Waals surface area contributed by atoms with E-state index in [2.05, 4.69) is 12.0 Å². The molecule has 0 aliphatic rings. The molecule has 0 saturated heterocycles. The number of rotatable bonds is 4. The first kappa shape index (κ1) is 12.6. The van der Waals surface area contributed by atoms with Crippen molar-refractivity contribution in [3.05, 3.63) is 47.3 Å². The highest BCUT2D eigenvalue weighted by molar-refractivity contribution is 5.36. The molecule has 0 spiro atoms. The topological polar surface area (TPSA) is 53.1 Å². The number of aromatic nitrogens is 2. The number of methoxy groups -OCH3 is 1. The summed E-state index contributed by atoms with van der Waals surface area (Å²) in [7, 11) is 3.58. The lowest BCUT2D eigenvalue weighted by molar-refractivity contribution is 0.414. The van der Waals surface area contributed by atoms with E-state index in [4.69, 9.17) is 10.5 Å². The summed E-state index contributed by atoms with van der Waals surface area (Å²) in [6, 6.07) is 7.71. The van der Waals surface area contributed by atoms with Crippen LogP contribution in [0.25, 0.3) is 0 Å². The van der Waals surface area contributed by atoms with Crippen LogP contribution < -0.4 is 10.5 Å². The Morgan fingerprint density at radius 2 is 2.00 bits per heavy atom. The van der Waals surface area contributed by atoms with Gasteiger partial charge in [0.2, 0.25) is 0 Å². The second kappa shape index (κ2) is 5.23. The summed E-state index contributed by atoms with van der Waals surface area (Å²) in [5, 5.41) is 4.42. The van der Waals surface area contributed by atoms with E-state index in [-0.39, 0.29) is 6.04 Å². The van der Waals surface area contributed by atoms with Gasteiger partial charge in [-0.15, -0.1) is 0 Å². The molecule has 0 amide bonds. The van der Waals surface area contributed by atoms with E-state index in [1.54, 1.807) is 7.11 Å². The van der Waals surface area contributed by atoms with Crippen molar-refractivity contribution >= 4 is 0 Å². The molecule has 2 aromatic rings. The van der Waals surface area contributed by atoms with Crippen LogP contribution in [0.5, 0.6) is 5.75 Å². The van der Waals surface area contributed by atoms with Gasteiger partial charge in [-0.05, 0) is 24.1 Å². The Hall–Kier alpha value is -1.81. The van der Waals surface area contributed by atoms with E-state index >= 15 is 0 Å². The quantitative estimate of drug-likeness (QED) is 0.896. The summed E-state index contributed by atoms with van der Waals surface area (Å²) in [5.74, 6) is 0.841. The second-order valence-electron chi connectivity index (χ2n) is 4.31. The van der Waals surface area contributed by atoms with Crippen molar-refractivity contribution in [2.45, 2.75) is 19.4 Å². The molecule has 0 fully saturated rings. The standard InChI is InChI=1S/C14H19N3O/c1-4-13-12(9-17(2)16-13)14(15)10-5-7-11(18-3)8-6-10/h5-9,14H,4,15H2,1-3H3. The number of hydrogen-bond donors (Lipinski definition) is 1. The summed E-state index contributed by atoms with van der Waals surface area (Å²) < 4.78 is 6.96. The molecule has 1 aromatic heterocycles. The normalized spacial score (nSPS) is 12.4. The molecule has 1 heterocycles. The summed E-state index contributed by atoms with van der Waals surface area (Å²) in [4.78, 5) is 0. The minimum Gasteiger partial charge on any atom is -0.497 e. The molecule has 0 bridgehead atoms. The number of hydrogen-bond acceptors (Lipinski definition) is 3. The minimum absolute atomic E-state index is 0.139. The Morgan fingerprint density at radius 3 is 2.56 bits per heavy atom. The summed E-state index contributed by atoms with van der Waals surface area (Å²) >= 11 is 0. The smallest absolute Gasteiger partial charge is 0.118 e. The zero-order valence-electron chi connectivity index (χ0n) is 11.1. The number of ether oxygens (including phenoxy) is 1. The molecular weight excluding hydrogens is 226 g/mol. The van der Waals surface area contributed by atoms with E-state index in [0.717, 1.165) is 29.0 Å². The van der Waals surface area contributed by atoms with Crippen LogP contribution in [0, 0.1) is 0 Å². The van der Waals surface area contributed by atoms with Gasteiger partial charge < -0.3 is 10.5 Å². The van der Waals surface area contributed by atoms with Gasteiger partial charge in [-0.25, -0.2) is 0 Å². The van der Waals surface area contributed by atoms with Crippen molar-refractivity contribution in [1.29, 1.82) is 0 Å². The molecule has 0 saturated carbocycles. The first-order valence-electron chi connectivity index (χ1n) is 6.07. The molecule has 2 N–H and O–H groups in total. The van der Waals surface area contributed by atoms with E-state index in [1.807, 2.05) is 42.2 Å². The van der Waals surface area contributed by atoms with Gasteiger partial charge in [-0.1, -0.05) is 19.1 Å². The summed E-state index contributed by atoms with van der Waals surface area (Å²) in [6.45, 7) is 2.09. The Bertz CT molecular complexity index is 516. The van der Waals surface area contributed by atoms with Crippen LogP contribution in [-0.2, 0) is 13.5 Å². The van der Waals surface area contributed by atoms with Gasteiger partial charge in [0.25, 0.3) is 0 Å². The van der Waals surface area contributed by atoms with Crippen LogP contribution >= 0.6 is 0 Å². The molecule has 1 unspecified atom stereocenters. The molecule has 1 aromatic carbocycles. The van der Waals surface area contributed by atoms with E-state index in [9.17, 15) is 0 Å². The van der Waals surface area contributed by atoms with Crippen LogP contribution in [0.15, 0.2) is 30.5 Å². The molecule has 2 rings (SSSR count). The van der Waals surface area contributed by atoms with Gasteiger partial charge in [0.1, 0.15) is 5.75 Å². The first-order valence-corrected chi connectivity index (χ1v) is 6.07. The third-order valence-corrected chi connectivity index (χ3v) is 3.08. The van der Waals surface area contributed by atoms with Crippen LogP contribution in [0.1, 0.15) is 29.8 Å². The Morgan fingerprint density at radius 1 is 1.33 bits per heavy atom. The molecule has 0 aliphatic heterocycles. The van der Waals surface area contributed by atoms with Gasteiger partial charge in [0.05, 0.1) is 18.8 Å². The predicted molar refractivity (Wildman–Crippen MR) is 71.6 cm³/mol. The van der Waals surface area contributed by atoms with Crippen LogP contribution in [-0.4, -0.2) is 16.9 Å². The fourth-order valence-electron chi connectivity index (χ4n) is 2.08. The number of benzene rings is 1.